The Morgan fingerprint density at radius 3 is 2.56 bits per heavy atom. The summed E-state index contributed by atoms with van der Waals surface area (Å²) in [6, 6.07) is 11.7. The maximum atomic E-state index is 12.2. The van der Waals surface area contributed by atoms with Crippen LogP contribution in [0.1, 0.15) is 43.6 Å². The maximum Gasteiger partial charge on any atom is 0.181 e. The minimum absolute atomic E-state index is 0.162. The molecule has 0 saturated carbocycles. The Bertz CT molecular complexity index is 544. The van der Waals surface area contributed by atoms with Crippen LogP contribution in [-0.2, 0) is 0 Å². The first-order valence-corrected chi connectivity index (χ1v) is 6.63. The summed E-state index contributed by atoms with van der Waals surface area (Å²) in [6.07, 6.45) is 2.71. The number of hydrogen-bond donors (Lipinski definition) is 0. The van der Waals surface area contributed by atoms with E-state index in [1.54, 1.807) is 0 Å². The van der Waals surface area contributed by atoms with Gasteiger partial charge in [-0.25, -0.2) is 4.98 Å². The van der Waals surface area contributed by atoms with Gasteiger partial charge in [-0.3, -0.25) is 4.79 Å². The highest BCUT2D eigenvalue weighted by Gasteiger charge is 2.13. The van der Waals surface area contributed by atoms with Crippen LogP contribution in [0.3, 0.4) is 0 Å². The molecule has 0 saturated heterocycles. The third kappa shape index (κ3) is 2.76. The van der Waals surface area contributed by atoms with Crippen molar-refractivity contribution < 1.29 is 4.79 Å². The third-order valence-corrected chi connectivity index (χ3v) is 3.51. The van der Waals surface area contributed by atoms with Gasteiger partial charge in [0.2, 0.25) is 0 Å². The lowest BCUT2D eigenvalue weighted by Gasteiger charge is -2.10. The molecule has 94 valence electrons. The quantitative estimate of drug-likeness (QED) is 0.733. The van der Waals surface area contributed by atoms with Gasteiger partial charge < -0.3 is 0 Å². The van der Waals surface area contributed by atoms with Crippen molar-refractivity contribution in [3.63, 3.8) is 0 Å². The number of carbonyl (C=O) groups excluding carboxylic acids is 1. The second-order valence-corrected chi connectivity index (χ2v) is 4.70. The molecule has 0 aliphatic heterocycles. The fraction of sp³-hybridized carbons (Fsp3) is 0.375. The molecular weight excluding hydrogens is 222 g/mol. The van der Waals surface area contributed by atoms with Gasteiger partial charge in [-0.1, -0.05) is 51.0 Å². The molecular formula is C16H19NO. The Kier molecular flexibility index (Phi) is 4.08. The van der Waals surface area contributed by atoms with Gasteiger partial charge in [0.1, 0.15) is 5.69 Å². The minimum Gasteiger partial charge on any atom is -0.292 e. The topological polar surface area (TPSA) is 30.0 Å². The third-order valence-electron chi connectivity index (χ3n) is 3.51. The highest BCUT2D eigenvalue weighted by molar-refractivity contribution is 5.96. The highest BCUT2D eigenvalue weighted by atomic mass is 16.1. The number of rotatable bonds is 5. The van der Waals surface area contributed by atoms with Crippen molar-refractivity contribution in [3.8, 4) is 0 Å². The van der Waals surface area contributed by atoms with Crippen LogP contribution in [0.15, 0.2) is 36.4 Å². The first-order valence-electron chi connectivity index (χ1n) is 6.63. The van der Waals surface area contributed by atoms with Crippen molar-refractivity contribution in [1.82, 2.24) is 4.98 Å². The fourth-order valence-electron chi connectivity index (χ4n) is 2.17. The van der Waals surface area contributed by atoms with Gasteiger partial charge in [-0.2, -0.15) is 0 Å². The Hall–Kier alpha value is -1.70. The number of Topliss-reactive ketones (excluding diaryl/α,β-unsaturated/α-hetero) is 1. The lowest BCUT2D eigenvalue weighted by atomic mass is 9.95. The lowest BCUT2D eigenvalue weighted by Crippen LogP contribution is -2.09. The van der Waals surface area contributed by atoms with Gasteiger partial charge in [0, 0.05) is 11.8 Å². The number of para-hydroxylation sites is 1. The minimum atomic E-state index is 0.162. The van der Waals surface area contributed by atoms with E-state index < -0.39 is 0 Å². The van der Waals surface area contributed by atoms with Crippen molar-refractivity contribution >= 4 is 16.7 Å². The van der Waals surface area contributed by atoms with Gasteiger partial charge in [-0.05, 0) is 18.1 Å². The van der Waals surface area contributed by atoms with E-state index in [4.69, 9.17) is 0 Å². The van der Waals surface area contributed by atoms with Gasteiger partial charge in [0.15, 0.2) is 5.78 Å². The SMILES string of the molecule is CCC(CC)CC(=O)c1ccc2ccccc2n1. The summed E-state index contributed by atoms with van der Waals surface area (Å²) in [6.45, 7) is 4.27. The van der Waals surface area contributed by atoms with Crippen molar-refractivity contribution in [2.24, 2.45) is 5.92 Å². The molecule has 2 aromatic rings. The smallest absolute Gasteiger partial charge is 0.181 e. The van der Waals surface area contributed by atoms with Crippen LogP contribution in [0, 0.1) is 5.92 Å². The first-order chi connectivity index (χ1) is 8.74. The Balaban J connectivity index is 2.22. The van der Waals surface area contributed by atoms with Crippen LogP contribution in [0.2, 0.25) is 0 Å². The van der Waals surface area contributed by atoms with E-state index in [2.05, 4.69) is 18.8 Å². The van der Waals surface area contributed by atoms with Gasteiger partial charge in [0.25, 0.3) is 0 Å². The number of hydrogen-bond acceptors (Lipinski definition) is 2. The Morgan fingerprint density at radius 1 is 1.11 bits per heavy atom. The van der Waals surface area contributed by atoms with Crippen LogP contribution >= 0.6 is 0 Å². The Labute approximate surface area is 108 Å². The predicted octanol–water partition coefficient (Wildman–Crippen LogP) is 4.24. The molecule has 0 unspecified atom stereocenters. The Morgan fingerprint density at radius 2 is 1.83 bits per heavy atom. The molecule has 0 atom stereocenters. The first kappa shape index (κ1) is 12.7. The van der Waals surface area contributed by atoms with E-state index in [0.29, 0.717) is 18.0 Å². The molecule has 0 aliphatic rings. The van der Waals surface area contributed by atoms with E-state index >= 15 is 0 Å². The lowest BCUT2D eigenvalue weighted by molar-refractivity contribution is 0.0954. The number of fused-ring (bicyclic) bond motifs is 1. The zero-order valence-electron chi connectivity index (χ0n) is 11.0. The zero-order valence-corrected chi connectivity index (χ0v) is 11.0. The van der Waals surface area contributed by atoms with Crippen LogP contribution in [0.5, 0.6) is 0 Å². The summed E-state index contributed by atoms with van der Waals surface area (Å²) in [5.41, 5.74) is 1.49. The van der Waals surface area contributed by atoms with Crippen molar-refractivity contribution in [2.75, 3.05) is 0 Å². The van der Waals surface area contributed by atoms with Crippen molar-refractivity contribution in [2.45, 2.75) is 33.1 Å². The fourth-order valence-corrected chi connectivity index (χ4v) is 2.17. The van der Waals surface area contributed by atoms with Crippen LogP contribution in [-0.4, -0.2) is 10.8 Å². The molecule has 1 aromatic heterocycles. The van der Waals surface area contributed by atoms with Crippen LogP contribution in [0.25, 0.3) is 10.9 Å². The molecule has 0 amide bonds. The number of benzene rings is 1. The summed E-state index contributed by atoms with van der Waals surface area (Å²) in [5.74, 6) is 0.639. The zero-order chi connectivity index (χ0) is 13.0. The molecule has 0 aliphatic carbocycles. The molecule has 2 heteroatoms. The number of carbonyl (C=O) groups is 1. The normalized spacial score (nSPS) is 11.1. The monoisotopic (exact) mass is 241 g/mol. The number of nitrogens with zero attached hydrogens (tertiary/aromatic N) is 1. The molecule has 0 radical (unpaired) electrons. The molecule has 2 rings (SSSR count). The summed E-state index contributed by atoms with van der Waals surface area (Å²) in [5, 5.41) is 1.08. The average Bonchev–Trinajstić information content (AvgIpc) is 2.44. The molecule has 0 bridgehead atoms. The largest absolute Gasteiger partial charge is 0.292 e. The summed E-state index contributed by atoms with van der Waals surface area (Å²) in [7, 11) is 0. The van der Waals surface area contributed by atoms with Crippen LogP contribution in [0.4, 0.5) is 0 Å². The van der Waals surface area contributed by atoms with E-state index in [9.17, 15) is 4.79 Å². The molecule has 0 spiro atoms. The van der Waals surface area contributed by atoms with Crippen molar-refractivity contribution in [3.05, 3.63) is 42.1 Å². The molecule has 1 aromatic carbocycles. The molecule has 2 nitrogen and oxygen atoms in total. The summed E-state index contributed by atoms with van der Waals surface area (Å²) in [4.78, 5) is 16.6. The van der Waals surface area contributed by atoms with E-state index in [-0.39, 0.29) is 5.78 Å². The number of pyridine rings is 1. The van der Waals surface area contributed by atoms with Gasteiger partial charge >= 0.3 is 0 Å². The van der Waals surface area contributed by atoms with E-state index in [1.807, 2.05) is 36.4 Å². The van der Waals surface area contributed by atoms with Gasteiger partial charge in [0.05, 0.1) is 5.52 Å². The average molecular weight is 241 g/mol. The van der Waals surface area contributed by atoms with E-state index in [0.717, 1.165) is 23.7 Å². The summed E-state index contributed by atoms with van der Waals surface area (Å²) < 4.78 is 0. The highest BCUT2D eigenvalue weighted by Crippen LogP contribution is 2.17. The van der Waals surface area contributed by atoms with Crippen molar-refractivity contribution in [1.29, 1.82) is 0 Å². The number of aromatic nitrogens is 1. The second kappa shape index (κ2) is 5.76. The van der Waals surface area contributed by atoms with E-state index in [1.165, 1.54) is 0 Å². The molecule has 18 heavy (non-hydrogen) atoms. The van der Waals surface area contributed by atoms with Gasteiger partial charge in [-0.15, -0.1) is 0 Å². The molecule has 1 heterocycles. The molecule has 0 fully saturated rings. The molecule has 0 N–H and O–H groups in total. The predicted molar refractivity (Wildman–Crippen MR) is 74.8 cm³/mol. The standard InChI is InChI=1S/C16H19NO/c1-3-12(4-2)11-16(18)15-10-9-13-7-5-6-8-14(13)17-15/h5-10,12H,3-4,11H2,1-2H3. The second-order valence-electron chi connectivity index (χ2n) is 4.70. The number of ketones is 1. The van der Waals surface area contributed by atoms with Crippen LogP contribution < -0.4 is 0 Å². The maximum absolute atomic E-state index is 12.2. The summed E-state index contributed by atoms with van der Waals surface area (Å²) >= 11 is 0.